The van der Waals surface area contributed by atoms with Gasteiger partial charge in [-0.05, 0) is 134 Å². The Labute approximate surface area is 405 Å². The van der Waals surface area contributed by atoms with Crippen LogP contribution in [0.1, 0.15) is 11.1 Å². The molecule has 1 N–H and O–H groups in total. The van der Waals surface area contributed by atoms with Crippen LogP contribution in [0.25, 0.3) is 0 Å². The molecule has 0 fully saturated rings. The van der Waals surface area contributed by atoms with Gasteiger partial charge in [0.25, 0.3) is 0 Å². The zero-order chi connectivity index (χ0) is 47.5. The molecule has 340 valence electrons. The summed E-state index contributed by atoms with van der Waals surface area (Å²) >= 11 is 5.86. The van der Waals surface area contributed by atoms with E-state index in [-0.39, 0.29) is 29.3 Å². The number of hydrogen-bond donors (Lipinski definition) is 1. The van der Waals surface area contributed by atoms with Crippen molar-refractivity contribution in [2.24, 2.45) is 0 Å². The number of halogens is 1. The number of aromatic nitrogens is 6. The van der Waals surface area contributed by atoms with Crippen LogP contribution in [0.4, 0.5) is 28.7 Å². The molecular weight excluding hydrogens is 884 g/mol. The molecule has 0 spiro atoms. The fraction of sp³-hybridized carbons (Fsp3) is 0.0357. The first-order valence-electron chi connectivity index (χ1n) is 21.8. The lowest BCUT2D eigenvalue weighted by Crippen LogP contribution is -2.15. The molecule has 0 atom stereocenters. The van der Waals surface area contributed by atoms with Gasteiger partial charge in [-0.1, -0.05) is 133 Å². The summed E-state index contributed by atoms with van der Waals surface area (Å²) in [5.41, 5.74) is 6.46. The third-order valence-corrected chi connectivity index (χ3v) is 9.68. The Morgan fingerprint density at radius 1 is 0.348 bits per heavy atom. The highest BCUT2D eigenvalue weighted by atomic mass is 35.5. The van der Waals surface area contributed by atoms with E-state index in [4.69, 9.17) is 30.5 Å². The fourth-order valence-electron chi connectivity index (χ4n) is 6.44. The molecule has 0 aliphatic rings. The number of ether oxygens (including phenoxy) is 4. The number of benzene rings is 8. The lowest BCUT2D eigenvalue weighted by atomic mass is 10.2. The van der Waals surface area contributed by atoms with Crippen LogP contribution in [0.2, 0.25) is 5.28 Å². The second-order valence-electron chi connectivity index (χ2n) is 14.9. The Hall–Kier alpha value is -9.13. The number of rotatable bonds is 13. The molecule has 13 heteroatoms. The summed E-state index contributed by atoms with van der Waals surface area (Å²) in [7, 11) is 0. The number of nitrogens with zero attached hydrogens (tertiary/aromatic N) is 7. The van der Waals surface area contributed by atoms with Gasteiger partial charge in [0, 0.05) is 22.7 Å². The van der Waals surface area contributed by atoms with E-state index in [0.717, 1.165) is 28.3 Å². The SMILES string of the molecule is Cc1cccc(N(c2ccccc2)c2nc(Oc3ccccc3)nc(Oc3ccccc3)n2)c1.Cc1cccc(Nc2ccccc2)c1.Clc1nc(Oc2ccccc2)nc(Oc2ccccc2)n1. The molecule has 8 aromatic carbocycles. The van der Waals surface area contributed by atoms with Crippen molar-refractivity contribution < 1.29 is 18.9 Å². The van der Waals surface area contributed by atoms with Crippen LogP contribution in [-0.2, 0) is 0 Å². The summed E-state index contributed by atoms with van der Waals surface area (Å²) in [5.74, 6) is 2.82. The molecule has 0 amide bonds. The average molecular weight is 929 g/mol. The van der Waals surface area contributed by atoms with Gasteiger partial charge in [0.2, 0.25) is 11.2 Å². The topological polar surface area (TPSA) is 130 Å². The third kappa shape index (κ3) is 14.4. The van der Waals surface area contributed by atoms with Crippen molar-refractivity contribution in [3.8, 4) is 47.0 Å². The van der Waals surface area contributed by atoms with E-state index in [1.165, 1.54) is 5.56 Å². The van der Waals surface area contributed by atoms with Crippen molar-refractivity contribution in [1.29, 1.82) is 0 Å². The normalized spacial score (nSPS) is 10.2. The molecule has 69 heavy (non-hydrogen) atoms. The minimum atomic E-state index is 0.00172. The Kier molecular flexibility index (Phi) is 16.1. The first kappa shape index (κ1) is 46.4. The van der Waals surface area contributed by atoms with Crippen LogP contribution in [-0.4, -0.2) is 29.9 Å². The third-order valence-electron chi connectivity index (χ3n) is 9.51. The fourth-order valence-corrected chi connectivity index (χ4v) is 6.58. The van der Waals surface area contributed by atoms with Gasteiger partial charge in [0.1, 0.15) is 23.0 Å². The summed E-state index contributed by atoms with van der Waals surface area (Å²) in [6.07, 6.45) is 0. The number of hydrogen-bond acceptors (Lipinski definition) is 12. The van der Waals surface area contributed by atoms with Gasteiger partial charge in [-0.15, -0.1) is 9.97 Å². The van der Waals surface area contributed by atoms with Crippen molar-refractivity contribution in [3.05, 3.63) is 247 Å². The lowest BCUT2D eigenvalue weighted by Gasteiger charge is -2.23. The Bertz CT molecular complexity index is 3010. The van der Waals surface area contributed by atoms with E-state index in [9.17, 15) is 0 Å². The summed E-state index contributed by atoms with van der Waals surface area (Å²) in [4.78, 5) is 27.6. The van der Waals surface area contributed by atoms with Crippen molar-refractivity contribution in [2.75, 3.05) is 10.2 Å². The monoisotopic (exact) mass is 928 g/mol. The Balaban J connectivity index is 0.000000155. The predicted octanol–water partition coefficient (Wildman–Crippen LogP) is 15.1. The molecule has 0 aliphatic heterocycles. The van der Waals surface area contributed by atoms with Gasteiger partial charge in [-0.2, -0.15) is 19.9 Å². The summed E-state index contributed by atoms with van der Waals surface area (Å²) < 4.78 is 23.0. The molecule has 2 heterocycles. The summed E-state index contributed by atoms with van der Waals surface area (Å²) in [5, 5.41) is 3.35. The zero-order valence-electron chi connectivity index (χ0n) is 37.6. The second-order valence-corrected chi connectivity index (χ2v) is 15.2. The summed E-state index contributed by atoms with van der Waals surface area (Å²) in [6, 6.07) is 74.1. The highest BCUT2D eigenvalue weighted by Gasteiger charge is 2.20. The molecule has 0 unspecified atom stereocenters. The minimum absolute atomic E-state index is 0.00172. The first-order valence-corrected chi connectivity index (χ1v) is 22.2. The lowest BCUT2D eigenvalue weighted by molar-refractivity contribution is 0.397. The van der Waals surface area contributed by atoms with E-state index >= 15 is 0 Å². The molecule has 10 rings (SSSR count). The van der Waals surface area contributed by atoms with Crippen LogP contribution in [0.3, 0.4) is 0 Å². The first-order chi connectivity index (χ1) is 33.9. The van der Waals surface area contributed by atoms with E-state index in [1.54, 1.807) is 24.3 Å². The maximum Gasteiger partial charge on any atom is 0.330 e. The molecule has 10 aromatic rings. The van der Waals surface area contributed by atoms with Crippen LogP contribution < -0.4 is 29.2 Å². The van der Waals surface area contributed by atoms with Gasteiger partial charge < -0.3 is 24.3 Å². The van der Waals surface area contributed by atoms with E-state index in [2.05, 4.69) is 84.6 Å². The van der Waals surface area contributed by atoms with Crippen molar-refractivity contribution in [1.82, 2.24) is 29.9 Å². The standard InChI is InChI=1S/C28H22N4O2.C15H10ClN3O2.C13H13N/c1-21-12-11-15-23(20-21)32(22-13-5-2-6-14-22)26-29-27(33-24-16-7-3-8-17-24)31-28(30-26)34-25-18-9-4-10-19-25;16-13-17-14(20-11-7-3-1-4-8-11)19-15(18-13)21-12-9-5-2-6-10-12;1-11-6-5-9-13(10-11)14-12-7-3-2-4-8-12/h2-20H,1H3;1-10H;2-10,14H,1H3. The second kappa shape index (κ2) is 23.9. The molecule has 2 aromatic heterocycles. The molecular formula is C56H45ClN8O4. The maximum atomic E-state index is 5.97. The van der Waals surface area contributed by atoms with E-state index in [1.807, 2.05) is 176 Å². The van der Waals surface area contributed by atoms with Crippen molar-refractivity contribution >= 4 is 40.3 Å². The van der Waals surface area contributed by atoms with Crippen molar-refractivity contribution in [2.45, 2.75) is 13.8 Å². The highest BCUT2D eigenvalue weighted by Crippen LogP contribution is 2.35. The Morgan fingerprint density at radius 3 is 1.12 bits per heavy atom. The van der Waals surface area contributed by atoms with Crippen LogP contribution in [0.5, 0.6) is 47.0 Å². The van der Waals surface area contributed by atoms with Crippen LogP contribution >= 0.6 is 11.6 Å². The Morgan fingerprint density at radius 2 is 0.696 bits per heavy atom. The van der Waals surface area contributed by atoms with E-state index in [0.29, 0.717) is 28.9 Å². The van der Waals surface area contributed by atoms with Crippen molar-refractivity contribution in [3.63, 3.8) is 0 Å². The quantitative estimate of drug-likeness (QED) is 0.118. The molecule has 12 nitrogen and oxygen atoms in total. The molecule has 0 saturated carbocycles. The van der Waals surface area contributed by atoms with Crippen LogP contribution in [0, 0.1) is 13.8 Å². The van der Waals surface area contributed by atoms with Gasteiger partial charge in [0.05, 0.1) is 0 Å². The molecule has 0 radical (unpaired) electrons. The van der Waals surface area contributed by atoms with Gasteiger partial charge in [0.15, 0.2) is 0 Å². The summed E-state index contributed by atoms with van der Waals surface area (Å²) in [6.45, 7) is 4.14. The van der Waals surface area contributed by atoms with Crippen LogP contribution in [0.15, 0.2) is 231 Å². The molecule has 0 aliphatic carbocycles. The minimum Gasteiger partial charge on any atom is -0.424 e. The van der Waals surface area contributed by atoms with Gasteiger partial charge in [-0.25, -0.2) is 0 Å². The van der Waals surface area contributed by atoms with E-state index < -0.39 is 0 Å². The van der Waals surface area contributed by atoms with Gasteiger partial charge >= 0.3 is 24.0 Å². The number of nitrogens with one attached hydrogen (secondary N) is 1. The largest absolute Gasteiger partial charge is 0.424 e. The maximum absolute atomic E-state index is 5.97. The highest BCUT2D eigenvalue weighted by molar-refractivity contribution is 6.28. The number of anilines is 5. The average Bonchev–Trinajstić information content (AvgIpc) is 3.36. The smallest absolute Gasteiger partial charge is 0.330 e. The molecule has 0 bridgehead atoms. The number of para-hydroxylation sites is 6. The van der Waals surface area contributed by atoms with Gasteiger partial charge in [-0.3, -0.25) is 4.90 Å². The zero-order valence-corrected chi connectivity index (χ0v) is 38.3. The molecule has 0 saturated heterocycles. The predicted molar refractivity (Wildman–Crippen MR) is 271 cm³/mol. The number of aryl methyl sites for hydroxylation is 2.